The maximum absolute atomic E-state index is 13.2. The summed E-state index contributed by atoms with van der Waals surface area (Å²) < 4.78 is 18.5. The smallest absolute Gasteiger partial charge is 0.245 e. The SMILES string of the molecule is COc1ccc2c(c1)OC(C)(C)[C@H]1C[C@@H]3CN(C(=O)[C@H](NC(C)=O)C(C)C)CC[C@@H]3O[C@H]21. The third kappa shape index (κ3) is 4.19. The molecule has 1 aromatic carbocycles. The van der Waals surface area contributed by atoms with Crippen LogP contribution in [0.25, 0.3) is 0 Å². The van der Waals surface area contributed by atoms with Crippen molar-refractivity contribution in [2.24, 2.45) is 17.8 Å². The Bertz CT molecular complexity index is 883. The van der Waals surface area contributed by atoms with Gasteiger partial charge in [-0.15, -0.1) is 0 Å². The van der Waals surface area contributed by atoms with Crippen molar-refractivity contribution in [3.05, 3.63) is 23.8 Å². The van der Waals surface area contributed by atoms with E-state index < -0.39 is 11.6 Å². The second kappa shape index (κ2) is 8.58. The Morgan fingerprint density at radius 2 is 2.03 bits per heavy atom. The second-order valence-corrected chi connectivity index (χ2v) is 10.3. The fourth-order valence-electron chi connectivity index (χ4n) is 5.54. The van der Waals surface area contributed by atoms with Crippen molar-refractivity contribution < 1.29 is 23.8 Å². The summed E-state index contributed by atoms with van der Waals surface area (Å²) >= 11 is 0. The first-order valence-corrected chi connectivity index (χ1v) is 11.7. The van der Waals surface area contributed by atoms with Crippen molar-refractivity contribution in [1.82, 2.24) is 10.2 Å². The lowest BCUT2D eigenvalue weighted by Gasteiger charge is -2.53. The first-order valence-electron chi connectivity index (χ1n) is 11.7. The normalized spacial score (nSPS) is 29.2. The van der Waals surface area contributed by atoms with Crippen molar-refractivity contribution in [3.8, 4) is 11.5 Å². The van der Waals surface area contributed by atoms with E-state index in [4.69, 9.17) is 14.2 Å². The first kappa shape index (κ1) is 22.9. The highest BCUT2D eigenvalue weighted by Gasteiger charge is 2.52. The highest BCUT2D eigenvalue weighted by Crippen LogP contribution is 2.53. The Balaban J connectivity index is 1.53. The minimum absolute atomic E-state index is 0.00682. The minimum Gasteiger partial charge on any atom is -0.497 e. The van der Waals surface area contributed by atoms with Crippen molar-refractivity contribution >= 4 is 11.8 Å². The van der Waals surface area contributed by atoms with Crippen LogP contribution in [0, 0.1) is 17.8 Å². The number of amides is 2. The molecule has 0 unspecified atom stereocenters. The molecular weight excluding hydrogens is 408 g/mol. The van der Waals surface area contributed by atoms with E-state index >= 15 is 0 Å². The molecule has 2 fully saturated rings. The van der Waals surface area contributed by atoms with E-state index in [-0.39, 0.29) is 41.8 Å². The minimum atomic E-state index is -0.488. The number of likely N-dealkylation sites (tertiary alicyclic amines) is 1. The van der Waals surface area contributed by atoms with Crippen LogP contribution in [0.1, 0.15) is 59.1 Å². The summed E-state index contributed by atoms with van der Waals surface area (Å²) in [5.41, 5.74) is 0.690. The lowest BCUT2D eigenvalue weighted by molar-refractivity contribution is -0.189. The summed E-state index contributed by atoms with van der Waals surface area (Å²) in [4.78, 5) is 26.8. The van der Waals surface area contributed by atoms with E-state index in [1.54, 1.807) is 7.11 Å². The Hall–Kier alpha value is -2.28. The highest BCUT2D eigenvalue weighted by molar-refractivity contribution is 5.87. The summed E-state index contributed by atoms with van der Waals surface area (Å²) in [6, 6.07) is 5.47. The molecule has 0 aliphatic carbocycles. The molecule has 7 heteroatoms. The molecule has 4 rings (SSSR count). The van der Waals surface area contributed by atoms with Gasteiger partial charge >= 0.3 is 0 Å². The Morgan fingerprint density at radius 1 is 1.28 bits per heavy atom. The van der Waals surface area contributed by atoms with Crippen LogP contribution in [0.2, 0.25) is 0 Å². The number of rotatable bonds is 4. The Morgan fingerprint density at radius 3 is 2.69 bits per heavy atom. The molecule has 3 aliphatic heterocycles. The van der Waals surface area contributed by atoms with Crippen LogP contribution in [-0.4, -0.2) is 54.7 Å². The summed E-state index contributed by atoms with van der Waals surface area (Å²) in [6.07, 6.45) is 1.83. The molecule has 1 aromatic rings. The van der Waals surface area contributed by atoms with E-state index in [2.05, 4.69) is 25.2 Å². The van der Waals surface area contributed by atoms with Crippen LogP contribution in [0.4, 0.5) is 0 Å². The van der Waals surface area contributed by atoms with Crippen molar-refractivity contribution in [3.63, 3.8) is 0 Å². The van der Waals surface area contributed by atoms with E-state index in [9.17, 15) is 9.59 Å². The number of hydrogen-bond donors (Lipinski definition) is 1. The summed E-state index contributed by atoms with van der Waals surface area (Å²) in [5, 5.41) is 2.84. The molecule has 0 aromatic heterocycles. The van der Waals surface area contributed by atoms with Gasteiger partial charge in [0.15, 0.2) is 0 Å². The zero-order chi connectivity index (χ0) is 23.2. The number of nitrogens with zero attached hydrogens (tertiary/aromatic N) is 1. The van der Waals surface area contributed by atoms with Gasteiger partial charge in [0.05, 0.1) is 19.3 Å². The maximum atomic E-state index is 13.2. The van der Waals surface area contributed by atoms with Gasteiger partial charge in [0.2, 0.25) is 11.8 Å². The third-order valence-corrected chi connectivity index (χ3v) is 7.30. The van der Waals surface area contributed by atoms with Gasteiger partial charge in [-0.05, 0) is 44.7 Å². The number of carbonyl (C=O) groups excluding carboxylic acids is 2. The van der Waals surface area contributed by atoms with Crippen LogP contribution < -0.4 is 14.8 Å². The van der Waals surface area contributed by atoms with Gasteiger partial charge in [-0.3, -0.25) is 9.59 Å². The van der Waals surface area contributed by atoms with E-state index in [1.807, 2.05) is 30.9 Å². The number of nitrogens with one attached hydrogen (secondary N) is 1. The van der Waals surface area contributed by atoms with E-state index in [1.165, 1.54) is 6.92 Å². The first-order chi connectivity index (χ1) is 15.1. The van der Waals surface area contributed by atoms with Crippen molar-refractivity contribution in [2.45, 2.75) is 71.3 Å². The number of ether oxygens (including phenoxy) is 3. The van der Waals surface area contributed by atoms with Gasteiger partial charge < -0.3 is 24.4 Å². The average Bonchev–Trinajstić information content (AvgIpc) is 2.74. The van der Waals surface area contributed by atoms with Crippen LogP contribution in [0.3, 0.4) is 0 Å². The number of carbonyl (C=O) groups is 2. The van der Waals surface area contributed by atoms with Crippen LogP contribution >= 0.6 is 0 Å². The zero-order valence-electron chi connectivity index (χ0n) is 20.0. The average molecular weight is 445 g/mol. The molecule has 7 nitrogen and oxygen atoms in total. The van der Waals surface area contributed by atoms with Crippen LogP contribution in [0.5, 0.6) is 11.5 Å². The van der Waals surface area contributed by atoms with Gasteiger partial charge in [0.25, 0.3) is 0 Å². The molecule has 176 valence electrons. The number of benzene rings is 1. The lowest BCUT2D eigenvalue weighted by atomic mass is 9.70. The molecule has 32 heavy (non-hydrogen) atoms. The molecule has 0 spiro atoms. The van der Waals surface area contributed by atoms with E-state index in [0.29, 0.717) is 13.1 Å². The summed E-state index contributed by atoms with van der Waals surface area (Å²) in [5.74, 6) is 1.92. The van der Waals surface area contributed by atoms with Gasteiger partial charge in [-0.1, -0.05) is 13.8 Å². The van der Waals surface area contributed by atoms with Gasteiger partial charge in [-0.2, -0.15) is 0 Å². The second-order valence-electron chi connectivity index (χ2n) is 10.3. The molecule has 3 aliphatic rings. The van der Waals surface area contributed by atoms with Crippen LogP contribution in [-0.2, 0) is 14.3 Å². The number of piperidine rings is 1. The third-order valence-electron chi connectivity index (χ3n) is 7.30. The fourth-order valence-corrected chi connectivity index (χ4v) is 5.54. The summed E-state index contributed by atoms with van der Waals surface area (Å²) in [6.45, 7) is 10.9. The predicted octanol–water partition coefficient (Wildman–Crippen LogP) is 3.32. The predicted molar refractivity (Wildman–Crippen MR) is 121 cm³/mol. The number of fused-ring (bicyclic) bond motifs is 4. The zero-order valence-corrected chi connectivity index (χ0v) is 20.0. The largest absolute Gasteiger partial charge is 0.497 e. The quantitative estimate of drug-likeness (QED) is 0.771. The molecular formula is C25H36N2O5. The number of hydrogen-bond acceptors (Lipinski definition) is 5. The van der Waals surface area contributed by atoms with Crippen molar-refractivity contribution in [2.75, 3.05) is 20.2 Å². The highest BCUT2D eigenvalue weighted by atomic mass is 16.5. The molecule has 0 bridgehead atoms. The molecule has 3 heterocycles. The Kier molecular flexibility index (Phi) is 6.14. The molecule has 5 atom stereocenters. The molecule has 2 saturated heterocycles. The van der Waals surface area contributed by atoms with Gasteiger partial charge in [0.1, 0.15) is 23.1 Å². The van der Waals surface area contributed by atoms with Gasteiger partial charge in [-0.25, -0.2) is 0 Å². The molecule has 0 saturated carbocycles. The maximum Gasteiger partial charge on any atom is 0.245 e. The topological polar surface area (TPSA) is 77.1 Å². The van der Waals surface area contributed by atoms with E-state index in [0.717, 1.165) is 29.9 Å². The number of methoxy groups -OCH3 is 1. The molecule has 2 amide bonds. The van der Waals surface area contributed by atoms with Crippen molar-refractivity contribution in [1.29, 1.82) is 0 Å². The standard InChI is InChI=1S/C25H36N2O5/c1-14(2)22(26-15(3)28)24(29)27-10-9-20-16(13-27)11-19-23(31-20)18-8-7-17(30-6)12-21(18)32-25(19,4)5/h7-8,12,14,16,19-20,22-23H,9-11,13H2,1-6H3,(H,26,28)/t16-,19+,20+,22-,23-/m1/s1. The Labute approximate surface area is 190 Å². The fraction of sp³-hybridized carbons (Fsp3) is 0.680. The molecule has 1 N–H and O–H groups in total. The van der Waals surface area contributed by atoms with Gasteiger partial charge in [0, 0.05) is 43.5 Å². The van der Waals surface area contributed by atoms with Crippen LogP contribution in [0.15, 0.2) is 18.2 Å². The monoisotopic (exact) mass is 444 g/mol. The summed E-state index contributed by atoms with van der Waals surface area (Å²) in [7, 11) is 1.66. The molecule has 0 radical (unpaired) electrons. The lowest BCUT2D eigenvalue weighted by Crippen LogP contribution is -2.58.